The molecule has 0 saturated carbocycles. The standard InChI is InChI=1S/C23H25N5O3/c1-3-10-31-18-7-5-16(6-8-18)21-20(14(2)26-23(30)27-21)22(29)24-12-15-4-9-19-17(11-15)13-25-28-19/h4-9,11,13,21H,3,10,12H2,1-2H3,(H,24,29)(H,25,28)(H2,26,27,30). The van der Waals surface area contributed by atoms with Crippen LogP contribution < -0.4 is 20.7 Å². The number of nitrogens with zero attached hydrogens (tertiary/aromatic N) is 1. The number of carbonyl (C=O) groups excluding carboxylic acids is 2. The second-order valence-electron chi connectivity index (χ2n) is 7.46. The van der Waals surface area contributed by atoms with Crippen molar-refractivity contribution in [3.8, 4) is 5.75 Å². The van der Waals surface area contributed by atoms with Crippen molar-refractivity contribution in [3.63, 3.8) is 0 Å². The maximum atomic E-state index is 13.1. The maximum absolute atomic E-state index is 13.1. The lowest BCUT2D eigenvalue weighted by atomic mass is 9.94. The molecule has 3 aromatic rings. The second-order valence-corrected chi connectivity index (χ2v) is 7.46. The Hall–Kier alpha value is -3.81. The Morgan fingerprint density at radius 1 is 1.19 bits per heavy atom. The summed E-state index contributed by atoms with van der Waals surface area (Å²) in [4.78, 5) is 25.2. The molecule has 1 aromatic heterocycles. The number of hydrogen-bond donors (Lipinski definition) is 4. The third kappa shape index (κ3) is 4.53. The van der Waals surface area contributed by atoms with E-state index in [1.807, 2.05) is 49.4 Å². The van der Waals surface area contributed by atoms with Crippen LogP contribution >= 0.6 is 0 Å². The maximum Gasteiger partial charge on any atom is 0.319 e. The average molecular weight is 419 g/mol. The zero-order valence-electron chi connectivity index (χ0n) is 17.5. The normalized spacial score (nSPS) is 16.1. The van der Waals surface area contributed by atoms with Crippen molar-refractivity contribution in [2.45, 2.75) is 32.9 Å². The highest BCUT2D eigenvalue weighted by Crippen LogP contribution is 2.28. The predicted octanol–water partition coefficient (Wildman–Crippen LogP) is 3.30. The monoisotopic (exact) mass is 419 g/mol. The van der Waals surface area contributed by atoms with Crippen LogP contribution in [-0.4, -0.2) is 28.7 Å². The van der Waals surface area contributed by atoms with Crippen LogP contribution in [0, 0.1) is 0 Å². The number of nitrogens with one attached hydrogen (secondary N) is 4. The number of fused-ring (bicyclic) bond motifs is 1. The van der Waals surface area contributed by atoms with E-state index in [1.165, 1.54) is 0 Å². The van der Waals surface area contributed by atoms with E-state index in [1.54, 1.807) is 13.1 Å². The fourth-order valence-corrected chi connectivity index (χ4v) is 3.60. The first-order chi connectivity index (χ1) is 15.0. The summed E-state index contributed by atoms with van der Waals surface area (Å²) in [6, 6.07) is 12.4. The van der Waals surface area contributed by atoms with E-state index in [2.05, 4.69) is 26.1 Å². The molecule has 0 fully saturated rings. The van der Waals surface area contributed by atoms with Gasteiger partial charge in [0.05, 0.1) is 29.9 Å². The number of ether oxygens (including phenoxy) is 1. The van der Waals surface area contributed by atoms with Gasteiger partial charge < -0.3 is 20.7 Å². The molecule has 4 N–H and O–H groups in total. The first-order valence-corrected chi connectivity index (χ1v) is 10.3. The molecule has 0 aliphatic carbocycles. The SMILES string of the molecule is CCCOc1ccc(C2NC(=O)NC(C)=C2C(=O)NCc2ccc3[nH]ncc3c2)cc1. The van der Waals surface area contributed by atoms with Crippen molar-refractivity contribution >= 4 is 22.8 Å². The molecule has 1 atom stereocenters. The molecular formula is C23H25N5O3. The van der Waals surface area contributed by atoms with Crippen LogP contribution in [0.5, 0.6) is 5.75 Å². The van der Waals surface area contributed by atoms with Gasteiger partial charge in [0.1, 0.15) is 5.75 Å². The van der Waals surface area contributed by atoms with Gasteiger partial charge in [-0.15, -0.1) is 0 Å². The number of allylic oxidation sites excluding steroid dienone is 1. The number of rotatable bonds is 7. The highest BCUT2D eigenvalue weighted by Gasteiger charge is 2.31. The largest absolute Gasteiger partial charge is 0.494 e. The van der Waals surface area contributed by atoms with Crippen molar-refractivity contribution in [1.82, 2.24) is 26.1 Å². The molecule has 31 heavy (non-hydrogen) atoms. The van der Waals surface area contributed by atoms with Gasteiger partial charge in [0, 0.05) is 17.6 Å². The quantitative estimate of drug-likeness (QED) is 0.471. The molecule has 8 heteroatoms. The Labute approximate surface area is 180 Å². The van der Waals surface area contributed by atoms with Gasteiger partial charge in [0.15, 0.2) is 0 Å². The van der Waals surface area contributed by atoms with E-state index in [9.17, 15) is 9.59 Å². The lowest BCUT2D eigenvalue weighted by Crippen LogP contribution is -2.46. The molecule has 1 unspecified atom stereocenters. The smallest absolute Gasteiger partial charge is 0.319 e. The highest BCUT2D eigenvalue weighted by molar-refractivity contribution is 5.98. The lowest BCUT2D eigenvalue weighted by Gasteiger charge is -2.28. The molecule has 8 nitrogen and oxygen atoms in total. The fourth-order valence-electron chi connectivity index (χ4n) is 3.60. The Kier molecular flexibility index (Phi) is 5.88. The Balaban J connectivity index is 1.52. The average Bonchev–Trinajstić information content (AvgIpc) is 3.24. The zero-order valence-corrected chi connectivity index (χ0v) is 17.5. The third-order valence-electron chi connectivity index (χ3n) is 5.16. The summed E-state index contributed by atoms with van der Waals surface area (Å²) in [6.07, 6.45) is 2.67. The van der Waals surface area contributed by atoms with E-state index in [0.717, 1.165) is 34.2 Å². The molecule has 160 valence electrons. The minimum atomic E-state index is -0.551. The molecule has 1 aliphatic heterocycles. The van der Waals surface area contributed by atoms with Gasteiger partial charge in [-0.3, -0.25) is 9.89 Å². The van der Waals surface area contributed by atoms with E-state index in [4.69, 9.17) is 4.74 Å². The first-order valence-electron chi connectivity index (χ1n) is 10.3. The van der Waals surface area contributed by atoms with Crippen LogP contribution in [0.25, 0.3) is 10.9 Å². The van der Waals surface area contributed by atoms with Crippen molar-refractivity contribution in [1.29, 1.82) is 0 Å². The number of hydrogen-bond acceptors (Lipinski definition) is 4. The van der Waals surface area contributed by atoms with Crippen LogP contribution in [0.3, 0.4) is 0 Å². The van der Waals surface area contributed by atoms with E-state index < -0.39 is 6.04 Å². The van der Waals surface area contributed by atoms with Gasteiger partial charge in [-0.25, -0.2) is 4.79 Å². The van der Waals surface area contributed by atoms with Crippen molar-refractivity contribution in [3.05, 3.63) is 71.1 Å². The van der Waals surface area contributed by atoms with Gasteiger partial charge in [-0.1, -0.05) is 25.1 Å². The van der Waals surface area contributed by atoms with Crippen molar-refractivity contribution < 1.29 is 14.3 Å². The molecule has 1 aliphatic rings. The minimum absolute atomic E-state index is 0.242. The summed E-state index contributed by atoms with van der Waals surface area (Å²) >= 11 is 0. The highest BCUT2D eigenvalue weighted by atomic mass is 16.5. The Morgan fingerprint density at radius 3 is 2.77 bits per heavy atom. The first kappa shape index (κ1) is 20.5. The van der Waals surface area contributed by atoms with Crippen LogP contribution in [0.1, 0.15) is 37.4 Å². The Bertz CT molecular complexity index is 1130. The van der Waals surface area contributed by atoms with Gasteiger partial charge >= 0.3 is 6.03 Å². The second kappa shape index (κ2) is 8.91. The van der Waals surface area contributed by atoms with Gasteiger partial charge in [-0.05, 0) is 48.7 Å². The summed E-state index contributed by atoms with van der Waals surface area (Å²) in [6.45, 7) is 4.78. The summed E-state index contributed by atoms with van der Waals surface area (Å²) in [5.74, 6) is 0.515. The minimum Gasteiger partial charge on any atom is -0.494 e. The number of urea groups is 1. The fraction of sp³-hybridized carbons (Fsp3) is 0.261. The zero-order chi connectivity index (χ0) is 21.8. The Morgan fingerprint density at radius 2 is 2.00 bits per heavy atom. The molecule has 0 radical (unpaired) electrons. The predicted molar refractivity (Wildman–Crippen MR) is 117 cm³/mol. The van der Waals surface area contributed by atoms with Crippen LogP contribution in [0.15, 0.2) is 59.9 Å². The van der Waals surface area contributed by atoms with Gasteiger partial charge in [0.25, 0.3) is 5.91 Å². The van der Waals surface area contributed by atoms with Gasteiger partial charge in [0.2, 0.25) is 0 Å². The lowest BCUT2D eigenvalue weighted by molar-refractivity contribution is -0.118. The summed E-state index contributed by atoms with van der Waals surface area (Å²) in [7, 11) is 0. The molecule has 0 bridgehead atoms. The van der Waals surface area contributed by atoms with Crippen molar-refractivity contribution in [2.24, 2.45) is 0 Å². The molecule has 0 saturated heterocycles. The summed E-state index contributed by atoms with van der Waals surface area (Å²) in [5, 5.41) is 16.4. The molecule has 2 heterocycles. The van der Waals surface area contributed by atoms with Gasteiger partial charge in [-0.2, -0.15) is 5.10 Å². The third-order valence-corrected chi connectivity index (χ3v) is 5.16. The summed E-state index contributed by atoms with van der Waals surface area (Å²) in [5.41, 5.74) is 3.72. The molecule has 4 rings (SSSR count). The van der Waals surface area contributed by atoms with Crippen LogP contribution in [0.2, 0.25) is 0 Å². The topological polar surface area (TPSA) is 108 Å². The molecule has 0 spiro atoms. The molecular weight excluding hydrogens is 394 g/mol. The van der Waals surface area contributed by atoms with Crippen LogP contribution in [-0.2, 0) is 11.3 Å². The molecule has 2 aromatic carbocycles. The molecule has 3 amide bonds. The van der Waals surface area contributed by atoms with E-state index in [-0.39, 0.29) is 11.9 Å². The number of H-pyrrole nitrogens is 1. The number of aromatic nitrogens is 2. The number of carbonyl (C=O) groups is 2. The summed E-state index contributed by atoms with van der Waals surface area (Å²) < 4.78 is 5.63. The number of benzene rings is 2. The van der Waals surface area contributed by atoms with E-state index in [0.29, 0.717) is 24.4 Å². The van der Waals surface area contributed by atoms with E-state index >= 15 is 0 Å². The van der Waals surface area contributed by atoms with Crippen molar-refractivity contribution in [2.75, 3.05) is 6.61 Å². The number of amides is 3. The van der Waals surface area contributed by atoms with Crippen LogP contribution in [0.4, 0.5) is 4.79 Å². The number of aromatic amines is 1.